The minimum atomic E-state index is -0.232. The highest BCUT2D eigenvalue weighted by Crippen LogP contribution is 2.25. The maximum Gasteiger partial charge on any atom is 0.274 e. The molecular weight excluding hydrogens is 342 g/mol. The summed E-state index contributed by atoms with van der Waals surface area (Å²) < 4.78 is 6.86. The zero-order valence-electron chi connectivity index (χ0n) is 15.6. The van der Waals surface area contributed by atoms with Crippen LogP contribution in [0.2, 0.25) is 0 Å². The van der Waals surface area contributed by atoms with Gasteiger partial charge < -0.3 is 10.1 Å². The number of hydrogen-bond acceptors (Lipinski definition) is 5. The van der Waals surface area contributed by atoms with Crippen molar-refractivity contribution in [3.05, 3.63) is 54.5 Å². The van der Waals surface area contributed by atoms with E-state index in [1.54, 1.807) is 24.2 Å². The lowest BCUT2D eigenvalue weighted by Gasteiger charge is -2.09. The van der Waals surface area contributed by atoms with Crippen LogP contribution in [0.3, 0.4) is 0 Å². The van der Waals surface area contributed by atoms with Gasteiger partial charge in [-0.05, 0) is 42.8 Å². The van der Waals surface area contributed by atoms with Crippen molar-refractivity contribution in [3.63, 3.8) is 0 Å². The molecule has 3 rings (SSSR count). The lowest BCUT2D eigenvalue weighted by Crippen LogP contribution is -2.25. The number of nitrogens with zero attached hydrogens (tertiary/aromatic N) is 4. The molecule has 0 fully saturated rings. The zero-order valence-corrected chi connectivity index (χ0v) is 15.6. The van der Waals surface area contributed by atoms with Crippen molar-refractivity contribution in [2.24, 2.45) is 0 Å². The summed E-state index contributed by atoms with van der Waals surface area (Å²) in [5.74, 6) is 0.514. The van der Waals surface area contributed by atoms with Crippen molar-refractivity contribution in [1.29, 1.82) is 0 Å². The number of ether oxygens (including phenoxy) is 1. The third-order valence-corrected chi connectivity index (χ3v) is 4.20. The van der Waals surface area contributed by atoms with Gasteiger partial charge in [-0.3, -0.25) is 9.78 Å². The standard InChI is InChI=1S/C20H23N5O2/c1-3-4-5-13-22-20(26)18-19(15-7-6-12-21-14-15)25(24-23-18)16-8-10-17(27-2)11-9-16/h6-12,14H,3-5,13H2,1-2H3,(H,22,26). The van der Waals surface area contributed by atoms with Crippen LogP contribution in [-0.2, 0) is 0 Å². The SMILES string of the molecule is CCCCCNC(=O)c1nnn(-c2ccc(OC)cc2)c1-c1cccnc1. The molecule has 0 bridgehead atoms. The first-order chi connectivity index (χ1) is 13.2. The Morgan fingerprint density at radius 1 is 1.19 bits per heavy atom. The molecule has 0 saturated carbocycles. The summed E-state index contributed by atoms with van der Waals surface area (Å²) in [7, 11) is 1.62. The molecule has 0 aliphatic carbocycles. The van der Waals surface area contributed by atoms with Crippen LogP contribution in [0.15, 0.2) is 48.8 Å². The highest BCUT2D eigenvalue weighted by Gasteiger charge is 2.22. The molecule has 1 N–H and O–H groups in total. The fourth-order valence-corrected chi connectivity index (χ4v) is 2.76. The first-order valence-corrected chi connectivity index (χ1v) is 9.03. The van der Waals surface area contributed by atoms with Gasteiger partial charge in [-0.25, -0.2) is 4.68 Å². The molecule has 7 nitrogen and oxygen atoms in total. The Morgan fingerprint density at radius 2 is 2.00 bits per heavy atom. The van der Waals surface area contributed by atoms with Gasteiger partial charge in [0.2, 0.25) is 0 Å². The van der Waals surface area contributed by atoms with E-state index in [0.29, 0.717) is 12.2 Å². The van der Waals surface area contributed by atoms with Crippen LogP contribution in [0.25, 0.3) is 16.9 Å². The molecule has 2 heterocycles. The van der Waals surface area contributed by atoms with E-state index in [1.807, 2.05) is 36.4 Å². The summed E-state index contributed by atoms with van der Waals surface area (Å²) in [6.07, 6.45) is 6.51. The molecule has 0 atom stereocenters. The van der Waals surface area contributed by atoms with Crippen LogP contribution >= 0.6 is 0 Å². The average molecular weight is 365 g/mol. The number of amides is 1. The van der Waals surface area contributed by atoms with E-state index in [1.165, 1.54) is 0 Å². The molecule has 27 heavy (non-hydrogen) atoms. The fraction of sp³-hybridized carbons (Fsp3) is 0.300. The quantitative estimate of drug-likeness (QED) is 0.620. The van der Waals surface area contributed by atoms with Gasteiger partial charge in [0.1, 0.15) is 11.4 Å². The summed E-state index contributed by atoms with van der Waals surface area (Å²) in [5.41, 5.74) is 2.46. The van der Waals surface area contributed by atoms with Gasteiger partial charge in [-0.1, -0.05) is 25.0 Å². The van der Waals surface area contributed by atoms with Gasteiger partial charge in [0.05, 0.1) is 12.8 Å². The fourth-order valence-electron chi connectivity index (χ4n) is 2.76. The average Bonchev–Trinajstić information content (AvgIpc) is 3.17. The van der Waals surface area contributed by atoms with Crippen molar-refractivity contribution in [2.45, 2.75) is 26.2 Å². The second-order valence-electron chi connectivity index (χ2n) is 6.10. The number of carbonyl (C=O) groups is 1. The summed E-state index contributed by atoms with van der Waals surface area (Å²) in [6.45, 7) is 2.75. The first-order valence-electron chi connectivity index (χ1n) is 9.03. The highest BCUT2D eigenvalue weighted by molar-refractivity contribution is 5.98. The minimum Gasteiger partial charge on any atom is -0.497 e. The monoisotopic (exact) mass is 365 g/mol. The highest BCUT2D eigenvalue weighted by atomic mass is 16.5. The molecule has 0 saturated heterocycles. The lowest BCUT2D eigenvalue weighted by molar-refractivity contribution is 0.0948. The Kier molecular flexibility index (Phi) is 6.14. The van der Waals surface area contributed by atoms with Crippen molar-refractivity contribution in [1.82, 2.24) is 25.3 Å². The van der Waals surface area contributed by atoms with Crippen molar-refractivity contribution in [3.8, 4) is 22.7 Å². The largest absolute Gasteiger partial charge is 0.497 e. The van der Waals surface area contributed by atoms with Crippen LogP contribution < -0.4 is 10.1 Å². The van der Waals surface area contributed by atoms with Crippen molar-refractivity contribution >= 4 is 5.91 Å². The number of hydrogen-bond donors (Lipinski definition) is 1. The molecule has 2 aromatic heterocycles. The van der Waals surface area contributed by atoms with Gasteiger partial charge in [-0.2, -0.15) is 0 Å². The Morgan fingerprint density at radius 3 is 2.67 bits per heavy atom. The predicted molar refractivity (Wildman–Crippen MR) is 103 cm³/mol. The number of benzene rings is 1. The molecule has 0 aliphatic rings. The van der Waals surface area contributed by atoms with Crippen LogP contribution in [0, 0.1) is 0 Å². The Hall–Kier alpha value is -3.22. The summed E-state index contributed by atoms with van der Waals surface area (Å²) >= 11 is 0. The first kappa shape index (κ1) is 18.6. The molecular formula is C20H23N5O2. The van der Waals surface area contributed by atoms with Crippen LogP contribution in [0.1, 0.15) is 36.7 Å². The number of rotatable bonds is 8. The summed E-state index contributed by atoms with van der Waals surface area (Å²) in [4.78, 5) is 16.8. The topological polar surface area (TPSA) is 81.9 Å². The van der Waals surface area contributed by atoms with E-state index >= 15 is 0 Å². The molecule has 1 aromatic carbocycles. The second kappa shape index (κ2) is 8.93. The normalized spacial score (nSPS) is 10.6. The molecule has 1 amide bonds. The molecule has 3 aromatic rings. The number of pyridine rings is 1. The van der Waals surface area contributed by atoms with E-state index in [9.17, 15) is 4.79 Å². The van der Waals surface area contributed by atoms with Gasteiger partial charge in [0.15, 0.2) is 5.69 Å². The van der Waals surface area contributed by atoms with E-state index in [2.05, 4.69) is 27.5 Å². The molecule has 0 unspecified atom stereocenters. The Bertz CT molecular complexity index is 875. The summed E-state index contributed by atoms with van der Waals surface area (Å²) in [6, 6.07) is 11.1. The maximum absolute atomic E-state index is 12.7. The van der Waals surface area contributed by atoms with Crippen molar-refractivity contribution < 1.29 is 9.53 Å². The second-order valence-corrected chi connectivity index (χ2v) is 6.10. The van der Waals surface area contributed by atoms with Crippen molar-refractivity contribution in [2.75, 3.05) is 13.7 Å². The van der Waals surface area contributed by atoms with E-state index in [4.69, 9.17) is 4.74 Å². The molecule has 0 radical (unpaired) electrons. The molecule has 0 aliphatic heterocycles. The molecule has 0 spiro atoms. The number of nitrogens with one attached hydrogen (secondary N) is 1. The maximum atomic E-state index is 12.7. The van der Waals surface area contributed by atoms with Gasteiger partial charge in [0.25, 0.3) is 5.91 Å². The third-order valence-electron chi connectivity index (χ3n) is 4.20. The zero-order chi connectivity index (χ0) is 19.1. The smallest absolute Gasteiger partial charge is 0.274 e. The van der Waals surface area contributed by atoms with Crippen LogP contribution in [0.4, 0.5) is 0 Å². The number of aromatic nitrogens is 4. The number of methoxy groups -OCH3 is 1. The van der Waals surface area contributed by atoms with E-state index < -0.39 is 0 Å². The molecule has 7 heteroatoms. The van der Waals surface area contributed by atoms with Crippen LogP contribution in [-0.4, -0.2) is 39.5 Å². The Balaban J connectivity index is 1.96. The summed E-state index contributed by atoms with van der Waals surface area (Å²) in [5, 5.41) is 11.3. The predicted octanol–water partition coefficient (Wildman–Crippen LogP) is 3.26. The lowest BCUT2D eigenvalue weighted by atomic mass is 10.1. The van der Waals surface area contributed by atoms with Gasteiger partial charge in [0, 0.05) is 24.5 Å². The molecule has 140 valence electrons. The number of unbranched alkanes of at least 4 members (excludes halogenated alkanes) is 2. The van der Waals surface area contributed by atoms with Gasteiger partial charge >= 0.3 is 0 Å². The van der Waals surface area contributed by atoms with E-state index in [0.717, 1.165) is 36.3 Å². The van der Waals surface area contributed by atoms with Crippen LogP contribution in [0.5, 0.6) is 5.75 Å². The number of carbonyl (C=O) groups excluding carboxylic acids is 1. The third kappa shape index (κ3) is 4.31. The van der Waals surface area contributed by atoms with E-state index in [-0.39, 0.29) is 11.6 Å². The van der Waals surface area contributed by atoms with Gasteiger partial charge in [-0.15, -0.1) is 5.10 Å². The minimum absolute atomic E-state index is 0.232. The Labute approximate surface area is 158 Å².